The molecule has 1 aromatic rings. The first-order chi connectivity index (χ1) is 9.62. The van der Waals surface area contributed by atoms with Crippen LogP contribution in [0.4, 0.5) is 0 Å². The van der Waals surface area contributed by atoms with E-state index in [0.717, 1.165) is 19.6 Å². The minimum absolute atomic E-state index is 0. The fourth-order valence-electron chi connectivity index (χ4n) is 1.68. The van der Waals surface area contributed by atoms with Gasteiger partial charge in [0.1, 0.15) is 0 Å². The SMILES string of the molecule is CCN(CC)CCS/C(=N\O)C(=O)c1ccc(Cl)cc1.Cl. The lowest BCUT2D eigenvalue weighted by Gasteiger charge is -2.17. The maximum atomic E-state index is 12.1. The Balaban J connectivity index is 0.00000400. The highest BCUT2D eigenvalue weighted by molar-refractivity contribution is 8.15. The van der Waals surface area contributed by atoms with Crippen LogP contribution < -0.4 is 0 Å². The standard InChI is InChI=1S/C14H19ClN2O2S.ClH/c1-3-17(4-2)9-10-20-14(16-19)13(18)11-5-7-12(15)8-6-11;/h5-8,19H,3-4,9-10H2,1-2H3;1H/b16-14-;. The summed E-state index contributed by atoms with van der Waals surface area (Å²) in [6.45, 7) is 6.97. The lowest BCUT2D eigenvalue weighted by atomic mass is 10.1. The number of ketones is 1. The van der Waals surface area contributed by atoms with Crippen LogP contribution in [0.5, 0.6) is 0 Å². The molecule has 7 heteroatoms. The highest BCUT2D eigenvalue weighted by atomic mass is 35.5. The van der Waals surface area contributed by atoms with Gasteiger partial charge in [0, 0.05) is 22.9 Å². The first kappa shape index (κ1) is 20.2. The van der Waals surface area contributed by atoms with Crippen LogP contribution in [0.25, 0.3) is 0 Å². The molecule has 0 aliphatic rings. The molecule has 21 heavy (non-hydrogen) atoms. The average Bonchev–Trinajstić information content (AvgIpc) is 2.48. The van der Waals surface area contributed by atoms with Gasteiger partial charge in [0.05, 0.1) is 0 Å². The molecule has 1 rings (SSSR count). The molecule has 1 N–H and O–H groups in total. The van der Waals surface area contributed by atoms with Gasteiger partial charge in [-0.25, -0.2) is 0 Å². The summed E-state index contributed by atoms with van der Waals surface area (Å²) in [5.41, 5.74) is 0.470. The summed E-state index contributed by atoms with van der Waals surface area (Å²) < 4.78 is 0. The van der Waals surface area contributed by atoms with E-state index in [1.165, 1.54) is 11.8 Å². The molecule has 0 aliphatic heterocycles. The topological polar surface area (TPSA) is 52.9 Å². The van der Waals surface area contributed by atoms with Gasteiger partial charge in [0.2, 0.25) is 5.78 Å². The van der Waals surface area contributed by atoms with Crippen molar-refractivity contribution in [3.63, 3.8) is 0 Å². The van der Waals surface area contributed by atoms with Gasteiger partial charge in [-0.3, -0.25) is 4.79 Å². The molecule has 0 radical (unpaired) electrons. The number of Topliss-reactive ketones (excluding diaryl/α,β-unsaturated/α-hetero) is 1. The van der Waals surface area contributed by atoms with Crippen LogP contribution in [0.1, 0.15) is 24.2 Å². The Kier molecular flexibility index (Phi) is 10.5. The highest BCUT2D eigenvalue weighted by Crippen LogP contribution is 2.14. The molecule has 0 spiro atoms. The minimum atomic E-state index is -0.284. The Bertz CT molecular complexity index is 463. The van der Waals surface area contributed by atoms with Crippen LogP contribution in [-0.4, -0.2) is 46.3 Å². The van der Waals surface area contributed by atoms with Crippen LogP contribution in [0.2, 0.25) is 5.02 Å². The highest BCUT2D eigenvalue weighted by Gasteiger charge is 2.15. The van der Waals surface area contributed by atoms with Crippen molar-refractivity contribution in [3.8, 4) is 0 Å². The third-order valence-corrected chi connectivity index (χ3v) is 4.11. The summed E-state index contributed by atoms with van der Waals surface area (Å²) in [7, 11) is 0. The number of thioether (sulfide) groups is 1. The van der Waals surface area contributed by atoms with Crippen molar-refractivity contribution in [1.82, 2.24) is 4.90 Å². The third-order valence-electron chi connectivity index (χ3n) is 2.93. The van der Waals surface area contributed by atoms with Gasteiger partial charge < -0.3 is 10.1 Å². The van der Waals surface area contributed by atoms with Gasteiger partial charge in [0.15, 0.2) is 5.04 Å². The summed E-state index contributed by atoms with van der Waals surface area (Å²) in [5, 5.41) is 12.8. The van der Waals surface area contributed by atoms with Gasteiger partial charge in [-0.05, 0) is 37.4 Å². The van der Waals surface area contributed by atoms with E-state index >= 15 is 0 Å². The molecule has 0 aliphatic carbocycles. The fourth-order valence-corrected chi connectivity index (χ4v) is 2.65. The molecular weight excluding hydrogens is 331 g/mol. The molecule has 1 aromatic carbocycles. The molecule has 0 saturated heterocycles. The van der Waals surface area contributed by atoms with Crippen LogP contribution in [0.15, 0.2) is 29.4 Å². The largest absolute Gasteiger partial charge is 0.410 e. The summed E-state index contributed by atoms with van der Waals surface area (Å²) in [4.78, 5) is 14.4. The molecule has 0 bridgehead atoms. The van der Waals surface area contributed by atoms with E-state index in [-0.39, 0.29) is 23.2 Å². The number of nitrogens with zero attached hydrogens (tertiary/aromatic N) is 2. The molecule has 4 nitrogen and oxygen atoms in total. The first-order valence-corrected chi connectivity index (χ1v) is 7.86. The van der Waals surface area contributed by atoms with Crippen molar-refractivity contribution < 1.29 is 10.0 Å². The number of carbonyl (C=O) groups is 1. The fraction of sp³-hybridized carbons (Fsp3) is 0.429. The molecule has 0 amide bonds. The van der Waals surface area contributed by atoms with Crippen LogP contribution in [0.3, 0.4) is 0 Å². The molecular formula is C14H20Cl2N2O2S. The van der Waals surface area contributed by atoms with E-state index < -0.39 is 0 Å². The second kappa shape index (κ2) is 10.9. The summed E-state index contributed by atoms with van der Waals surface area (Å²) in [6.07, 6.45) is 0. The van der Waals surface area contributed by atoms with Crippen LogP contribution in [0, 0.1) is 0 Å². The Labute approximate surface area is 140 Å². The molecule has 0 fully saturated rings. The number of rotatable bonds is 7. The quantitative estimate of drug-likeness (QED) is 0.267. The maximum Gasteiger partial charge on any atom is 0.221 e. The van der Waals surface area contributed by atoms with Crippen LogP contribution >= 0.6 is 35.8 Å². The predicted molar refractivity (Wildman–Crippen MR) is 92.5 cm³/mol. The van der Waals surface area contributed by atoms with E-state index in [1.54, 1.807) is 24.3 Å². The molecule has 0 saturated carbocycles. The van der Waals surface area contributed by atoms with E-state index in [4.69, 9.17) is 16.8 Å². The van der Waals surface area contributed by atoms with Gasteiger partial charge >= 0.3 is 0 Å². The second-order valence-electron chi connectivity index (χ2n) is 4.12. The molecule has 0 aromatic heterocycles. The second-order valence-corrected chi connectivity index (χ2v) is 5.64. The van der Waals surface area contributed by atoms with Gasteiger partial charge in [-0.2, -0.15) is 0 Å². The van der Waals surface area contributed by atoms with E-state index in [2.05, 4.69) is 23.9 Å². The number of hydrogen-bond acceptors (Lipinski definition) is 5. The van der Waals surface area contributed by atoms with Crippen molar-refractivity contribution in [1.29, 1.82) is 0 Å². The third kappa shape index (κ3) is 6.70. The number of carbonyl (C=O) groups excluding carboxylic acids is 1. The number of benzene rings is 1. The lowest BCUT2D eigenvalue weighted by molar-refractivity contribution is 0.106. The van der Waals surface area contributed by atoms with Gasteiger partial charge in [-0.15, -0.1) is 12.4 Å². The molecule has 0 unspecified atom stereocenters. The summed E-state index contributed by atoms with van der Waals surface area (Å²) >= 11 is 7.04. The molecule has 0 atom stereocenters. The Hall–Kier alpha value is -0.750. The Morgan fingerprint density at radius 1 is 1.29 bits per heavy atom. The first-order valence-electron chi connectivity index (χ1n) is 6.49. The van der Waals surface area contributed by atoms with E-state index in [9.17, 15) is 4.79 Å². The van der Waals surface area contributed by atoms with Crippen molar-refractivity contribution >= 4 is 46.6 Å². The molecule has 118 valence electrons. The zero-order valence-corrected chi connectivity index (χ0v) is 14.5. The number of halogens is 2. The van der Waals surface area contributed by atoms with Gasteiger partial charge in [-0.1, -0.05) is 42.4 Å². The summed E-state index contributed by atoms with van der Waals surface area (Å²) in [6, 6.07) is 6.54. The van der Waals surface area contributed by atoms with Crippen molar-refractivity contribution in [2.75, 3.05) is 25.4 Å². The maximum absolute atomic E-state index is 12.1. The van der Waals surface area contributed by atoms with Crippen LogP contribution in [-0.2, 0) is 0 Å². The zero-order valence-electron chi connectivity index (χ0n) is 12.1. The monoisotopic (exact) mass is 350 g/mol. The summed E-state index contributed by atoms with van der Waals surface area (Å²) in [5.74, 6) is 0.425. The number of hydrogen-bond donors (Lipinski definition) is 1. The molecule has 0 heterocycles. The lowest BCUT2D eigenvalue weighted by Crippen LogP contribution is -2.26. The Morgan fingerprint density at radius 2 is 1.86 bits per heavy atom. The minimum Gasteiger partial charge on any atom is -0.410 e. The van der Waals surface area contributed by atoms with Crippen molar-refractivity contribution in [2.24, 2.45) is 5.16 Å². The average molecular weight is 351 g/mol. The van der Waals surface area contributed by atoms with Gasteiger partial charge in [0.25, 0.3) is 0 Å². The normalized spacial score (nSPS) is 11.3. The van der Waals surface area contributed by atoms with Crippen molar-refractivity contribution in [3.05, 3.63) is 34.9 Å². The predicted octanol–water partition coefficient (Wildman–Crippen LogP) is 3.81. The number of oxime groups is 1. The smallest absolute Gasteiger partial charge is 0.221 e. The Morgan fingerprint density at radius 3 is 2.33 bits per heavy atom. The van der Waals surface area contributed by atoms with Crippen molar-refractivity contribution in [2.45, 2.75) is 13.8 Å². The van der Waals surface area contributed by atoms with E-state index in [1.807, 2.05) is 0 Å². The zero-order chi connectivity index (χ0) is 15.0. The van der Waals surface area contributed by atoms with E-state index in [0.29, 0.717) is 16.3 Å².